The summed E-state index contributed by atoms with van der Waals surface area (Å²) in [4.78, 5) is 25.1. The minimum Gasteiger partial charge on any atom is -0.481 e. The molecule has 120 valence electrons. The van der Waals surface area contributed by atoms with Crippen LogP contribution in [0.4, 0.5) is 4.79 Å². The van der Waals surface area contributed by atoms with Crippen molar-refractivity contribution in [3.63, 3.8) is 0 Å². The van der Waals surface area contributed by atoms with Crippen LogP contribution in [0, 0.1) is 5.41 Å². The third-order valence-electron chi connectivity index (χ3n) is 4.82. The Morgan fingerprint density at radius 2 is 2.05 bits per heavy atom. The number of carbonyl (C=O) groups is 2. The van der Waals surface area contributed by atoms with E-state index in [1.807, 2.05) is 0 Å². The van der Waals surface area contributed by atoms with Crippen molar-refractivity contribution in [1.29, 1.82) is 0 Å². The first kappa shape index (κ1) is 16.1. The molecule has 0 aromatic carbocycles. The Kier molecular flexibility index (Phi) is 5.45. The van der Waals surface area contributed by atoms with E-state index in [4.69, 9.17) is 9.84 Å². The molecular weight excluding hydrogens is 272 g/mol. The number of carbonyl (C=O) groups excluding carboxylic acids is 1. The van der Waals surface area contributed by atoms with E-state index in [1.165, 1.54) is 0 Å². The zero-order chi connectivity index (χ0) is 15.3. The van der Waals surface area contributed by atoms with Gasteiger partial charge in [0.05, 0.1) is 12.5 Å². The number of rotatable bonds is 5. The van der Waals surface area contributed by atoms with Crippen LogP contribution in [0.25, 0.3) is 0 Å². The van der Waals surface area contributed by atoms with Gasteiger partial charge < -0.3 is 20.1 Å². The van der Waals surface area contributed by atoms with Crippen LogP contribution in [0.3, 0.4) is 0 Å². The van der Waals surface area contributed by atoms with E-state index in [0.717, 1.165) is 38.5 Å². The molecule has 21 heavy (non-hydrogen) atoms. The molecule has 2 fully saturated rings. The molecule has 6 nitrogen and oxygen atoms in total. The molecule has 2 rings (SSSR count). The summed E-state index contributed by atoms with van der Waals surface area (Å²) in [6, 6.07) is -0.0927. The monoisotopic (exact) mass is 298 g/mol. The first-order valence-corrected chi connectivity index (χ1v) is 7.82. The highest BCUT2D eigenvalue weighted by atomic mass is 16.5. The number of carboxylic acid groups (broad SMARTS) is 1. The standard InChI is InChI=1S/C15H26N2O4/c1-21-12-5-8-17(10-12)14(20)16-11-15(9-13(18)19)6-3-2-4-7-15/h12H,2-11H2,1H3,(H,16,20)(H,18,19). The molecule has 1 saturated heterocycles. The summed E-state index contributed by atoms with van der Waals surface area (Å²) in [6.45, 7) is 1.79. The Bertz CT molecular complexity index is 380. The Hall–Kier alpha value is -1.30. The Morgan fingerprint density at radius 1 is 1.33 bits per heavy atom. The van der Waals surface area contributed by atoms with Crippen LogP contribution in [-0.4, -0.2) is 54.9 Å². The number of urea groups is 1. The number of ether oxygens (including phenoxy) is 1. The van der Waals surface area contributed by atoms with E-state index in [9.17, 15) is 9.59 Å². The molecule has 1 aliphatic carbocycles. The smallest absolute Gasteiger partial charge is 0.317 e. The minimum atomic E-state index is -0.772. The lowest BCUT2D eigenvalue weighted by atomic mass is 9.72. The van der Waals surface area contributed by atoms with Gasteiger partial charge in [-0.15, -0.1) is 0 Å². The molecule has 2 aliphatic rings. The summed E-state index contributed by atoms with van der Waals surface area (Å²) in [6.07, 6.45) is 6.19. The lowest BCUT2D eigenvalue weighted by Crippen LogP contribution is -2.45. The highest BCUT2D eigenvalue weighted by molar-refractivity contribution is 5.74. The van der Waals surface area contributed by atoms with Gasteiger partial charge in [0, 0.05) is 26.7 Å². The van der Waals surface area contributed by atoms with Crippen LogP contribution in [0.2, 0.25) is 0 Å². The van der Waals surface area contributed by atoms with Gasteiger partial charge in [-0.25, -0.2) is 4.79 Å². The second-order valence-electron chi connectivity index (χ2n) is 6.38. The SMILES string of the molecule is COC1CCN(C(=O)NCC2(CC(=O)O)CCCCC2)C1. The van der Waals surface area contributed by atoms with Crippen molar-refractivity contribution in [2.24, 2.45) is 5.41 Å². The second kappa shape index (κ2) is 7.11. The molecule has 2 amide bonds. The van der Waals surface area contributed by atoms with E-state index in [1.54, 1.807) is 12.0 Å². The van der Waals surface area contributed by atoms with Crippen LogP contribution >= 0.6 is 0 Å². The summed E-state index contributed by atoms with van der Waals surface area (Å²) >= 11 is 0. The van der Waals surface area contributed by atoms with E-state index in [2.05, 4.69) is 5.32 Å². The first-order valence-electron chi connectivity index (χ1n) is 7.82. The maximum Gasteiger partial charge on any atom is 0.317 e. The van der Waals surface area contributed by atoms with E-state index in [0.29, 0.717) is 19.6 Å². The maximum atomic E-state index is 12.2. The van der Waals surface area contributed by atoms with Crippen LogP contribution in [0.1, 0.15) is 44.9 Å². The molecule has 0 bridgehead atoms. The number of hydrogen-bond donors (Lipinski definition) is 2. The Labute approximate surface area is 125 Å². The fourth-order valence-electron chi connectivity index (χ4n) is 3.52. The average Bonchev–Trinajstić information content (AvgIpc) is 2.94. The van der Waals surface area contributed by atoms with Crippen LogP contribution < -0.4 is 5.32 Å². The molecule has 1 unspecified atom stereocenters. The predicted octanol–water partition coefficient (Wildman–Crippen LogP) is 1.84. The molecule has 1 aliphatic heterocycles. The number of amides is 2. The highest BCUT2D eigenvalue weighted by Gasteiger charge is 2.35. The van der Waals surface area contributed by atoms with Gasteiger partial charge in [0.1, 0.15) is 0 Å². The molecule has 0 aromatic heterocycles. The van der Waals surface area contributed by atoms with Gasteiger partial charge >= 0.3 is 12.0 Å². The lowest BCUT2D eigenvalue weighted by Gasteiger charge is -2.36. The third kappa shape index (κ3) is 4.33. The number of hydrogen-bond acceptors (Lipinski definition) is 3. The maximum absolute atomic E-state index is 12.2. The lowest BCUT2D eigenvalue weighted by molar-refractivity contribution is -0.140. The average molecular weight is 298 g/mol. The third-order valence-corrected chi connectivity index (χ3v) is 4.82. The van der Waals surface area contributed by atoms with Crippen molar-refractivity contribution < 1.29 is 19.4 Å². The van der Waals surface area contributed by atoms with Gasteiger partial charge in [0.25, 0.3) is 0 Å². The quantitative estimate of drug-likeness (QED) is 0.812. The van der Waals surface area contributed by atoms with Gasteiger partial charge in [-0.2, -0.15) is 0 Å². The largest absolute Gasteiger partial charge is 0.481 e. The number of nitrogens with zero attached hydrogens (tertiary/aromatic N) is 1. The number of nitrogens with one attached hydrogen (secondary N) is 1. The van der Waals surface area contributed by atoms with Crippen LogP contribution in [0.5, 0.6) is 0 Å². The fourth-order valence-corrected chi connectivity index (χ4v) is 3.52. The van der Waals surface area contributed by atoms with Crippen molar-refractivity contribution >= 4 is 12.0 Å². The topological polar surface area (TPSA) is 78.9 Å². The van der Waals surface area contributed by atoms with Crippen LogP contribution in [-0.2, 0) is 9.53 Å². The Balaban J connectivity index is 1.86. The first-order chi connectivity index (χ1) is 10.0. The van der Waals surface area contributed by atoms with Crippen molar-refractivity contribution in [3.8, 4) is 0 Å². The normalized spacial score (nSPS) is 24.8. The second-order valence-corrected chi connectivity index (χ2v) is 6.38. The summed E-state index contributed by atoms with van der Waals surface area (Å²) in [5, 5.41) is 12.1. The number of likely N-dealkylation sites (tertiary alicyclic amines) is 1. The van der Waals surface area contributed by atoms with Gasteiger partial charge in [-0.3, -0.25) is 4.79 Å². The summed E-state index contributed by atoms with van der Waals surface area (Å²) in [7, 11) is 1.66. The molecule has 0 spiro atoms. The molecule has 1 atom stereocenters. The van der Waals surface area contributed by atoms with E-state index >= 15 is 0 Å². The summed E-state index contributed by atoms with van der Waals surface area (Å²) < 4.78 is 5.26. The van der Waals surface area contributed by atoms with Gasteiger partial charge in [-0.05, 0) is 24.7 Å². The van der Waals surface area contributed by atoms with Gasteiger partial charge in [-0.1, -0.05) is 19.3 Å². The highest BCUT2D eigenvalue weighted by Crippen LogP contribution is 2.38. The molecule has 6 heteroatoms. The van der Waals surface area contributed by atoms with Crippen molar-refractivity contribution in [1.82, 2.24) is 10.2 Å². The molecule has 1 heterocycles. The molecular formula is C15H26N2O4. The van der Waals surface area contributed by atoms with E-state index in [-0.39, 0.29) is 24.0 Å². The minimum absolute atomic E-state index is 0.0927. The summed E-state index contributed by atoms with van der Waals surface area (Å²) in [5.41, 5.74) is -0.264. The van der Waals surface area contributed by atoms with Crippen molar-refractivity contribution in [2.75, 3.05) is 26.7 Å². The Morgan fingerprint density at radius 3 is 2.62 bits per heavy atom. The van der Waals surface area contributed by atoms with E-state index < -0.39 is 5.97 Å². The number of aliphatic carboxylic acids is 1. The van der Waals surface area contributed by atoms with Crippen molar-refractivity contribution in [2.45, 2.75) is 51.0 Å². The van der Waals surface area contributed by atoms with Gasteiger partial charge in [0.15, 0.2) is 0 Å². The number of carboxylic acids is 1. The number of methoxy groups -OCH3 is 1. The molecule has 2 N–H and O–H groups in total. The summed E-state index contributed by atoms with van der Waals surface area (Å²) in [5.74, 6) is -0.772. The van der Waals surface area contributed by atoms with Crippen LogP contribution in [0.15, 0.2) is 0 Å². The molecule has 0 radical (unpaired) electrons. The zero-order valence-corrected chi connectivity index (χ0v) is 12.8. The molecule has 1 saturated carbocycles. The molecule has 0 aromatic rings. The van der Waals surface area contributed by atoms with Crippen molar-refractivity contribution in [3.05, 3.63) is 0 Å². The predicted molar refractivity (Wildman–Crippen MR) is 78.2 cm³/mol. The van der Waals surface area contributed by atoms with Gasteiger partial charge in [0.2, 0.25) is 0 Å². The fraction of sp³-hybridized carbons (Fsp3) is 0.867. The zero-order valence-electron chi connectivity index (χ0n) is 12.8.